The molecule has 2 atom stereocenters. The van der Waals surface area contributed by atoms with Gasteiger partial charge in [0.1, 0.15) is 0 Å². The largest absolute Gasteiger partial charge is 0.393 e. The van der Waals surface area contributed by atoms with E-state index in [4.69, 9.17) is 9.84 Å². The molecule has 0 amide bonds. The summed E-state index contributed by atoms with van der Waals surface area (Å²) in [6.07, 6.45) is 3.30. The van der Waals surface area contributed by atoms with Crippen molar-refractivity contribution in [1.82, 2.24) is 4.98 Å². The molecule has 2 fully saturated rings. The minimum atomic E-state index is -0.242. The summed E-state index contributed by atoms with van der Waals surface area (Å²) in [7, 11) is 0. The highest BCUT2D eigenvalue weighted by atomic mass is 32.1. The zero-order valence-electron chi connectivity index (χ0n) is 13.4. The van der Waals surface area contributed by atoms with Crippen LogP contribution in [0.4, 0.5) is 5.13 Å². The molecule has 0 bridgehead atoms. The summed E-state index contributed by atoms with van der Waals surface area (Å²) in [5.41, 5.74) is 0.574. The van der Waals surface area contributed by atoms with Crippen LogP contribution in [0.1, 0.15) is 45.2 Å². The maximum Gasteiger partial charge on any atom is 0.185 e. The number of aliphatic hydroxyl groups excluding tert-OH is 2. The van der Waals surface area contributed by atoms with Crippen LogP contribution in [0, 0.1) is 5.92 Å². The number of hydrogen-bond acceptors (Lipinski definition) is 6. The van der Waals surface area contributed by atoms with Gasteiger partial charge in [-0.1, -0.05) is 13.8 Å². The molecular weight excluding hydrogens is 300 g/mol. The number of aliphatic hydroxyl groups is 2. The maximum absolute atomic E-state index is 10.2. The summed E-state index contributed by atoms with van der Waals surface area (Å²) < 4.78 is 6.41. The molecule has 1 aromatic heterocycles. The van der Waals surface area contributed by atoms with Gasteiger partial charge in [0.2, 0.25) is 0 Å². The van der Waals surface area contributed by atoms with Gasteiger partial charge in [0.15, 0.2) is 5.13 Å². The van der Waals surface area contributed by atoms with E-state index >= 15 is 0 Å². The van der Waals surface area contributed by atoms with Crippen molar-refractivity contribution in [3.8, 4) is 0 Å². The fourth-order valence-corrected chi connectivity index (χ4v) is 4.42. The lowest BCUT2D eigenvalue weighted by Gasteiger charge is -2.48. The normalized spacial score (nSPS) is 28.5. The summed E-state index contributed by atoms with van der Waals surface area (Å²) in [4.78, 5) is 6.72. The molecular formula is C16H26N2O3S. The first-order valence-electron chi connectivity index (χ1n) is 8.17. The lowest BCUT2D eigenvalue weighted by molar-refractivity contribution is -0.183. The average molecular weight is 326 g/mol. The van der Waals surface area contributed by atoms with Crippen molar-refractivity contribution in [3.63, 3.8) is 0 Å². The molecule has 0 unspecified atom stereocenters. The third-order valence-corrected chi connectivity index (χ3v) is 5.85. The first kappa shape index (κ1) is 16.2. The van der Waals surface area contributed by atoms with Crippen LogP contribution in [0.2, 0.25) is 0 Å². The van der Waals surface area contributed by atoms with Crippen molar-refractivity contribution >= 4 is 16.5 Å². The van der Waals surface area contributed by atoms with Gasteiger partial charge in [0.25, 0.3) is 0 Å². The van der Waals surface area contributed by atoms with Crippen LogP contribution in [-0.2, 0) is 11.3 Å². The molecule has 2 saturated heterocycles. The van der Waals surface area contributed by atoms with Crippen LogP contribution in [0.25, 0.3) is 0 Å². The van der Waals surface area contributed by atoms with Crippen molar-refractivity contribution in [2.75, 3.05) is 18.0 Å². The number of nitrogens with zero attached hydrogens (tertiary/aromatic N) is 2. The second-order valence-electron chi connectivity index (χ2n) is 6.94. The highest BCUT2D eigenvalue weighted by Crippen LogP contribution is 2.40. The van der Waals surface area contributed by atoms with E-state index in [1.165, 1.54) is 0 Å². The standard InChI is InChI=1S/C16H26N2O3S/c1-11(2)14-7-13(20)8-16(21-14)3-5-18(6-4-16)15-17-12(9-19)10-22-15/h10-11,13-14,19-20H,3-9H2,1-2H3/t13-,14-/m1/s1. The van der Waals surface area contributed by atoms with E-state index in [-0.39, 0.29) is 24.4 Å². The third kappa shape index (κ3) is 3.30. The van der Waals surface area contributed by atoms with Gasteiger partial charge in [-0.05, 0) is 25.2 Å². The van der Waals surface area contributed by atoms with Gasteiger partial charge in [-0.15, -0.1) is 11.3 Å². The Kier molecular flexibility index (Phi) is 4.73. The number of hydrogen-bond donors (Lipinski definition) is 2. The van der Waals surface area contributed by atoms with E-state index < -0.39 is 0 Å². The number of ether oxygens (including phenoxy) is 1. The summed E-state index contributed by atoms with van der Waals surface area (Å²) in [5.74, 6) is 0.441. The highest BCUT2D eigenvalue weighted by Gasteiger charge is 2.44. The fourth-order valence-electron chi connectivity index (χ4n) is 3.55. The molecule has 2 aliphatic heterocycles. The van der Waals surface area contributed by atoms with Crippen molar-refractivity contribution in [2.24, 2.45) is 5.92 Å². The van der Waals surface area contributed by atoms with E-state index in [1.54, 1.807) is 11.3 Å². The highest BCUT2D eigenvalue weighted by molar-refractivity contribution is 7.13. The molecule has 0 saturated carbocycles. The summed E-state index contributed by atoms with van der Waals surface area (Å²) in [6.45, 7) is 6.13. The number of thiazole rings is 1. The molecule has 3 heterocycles. The first-order chi connectivity index (χ1) is 10.5. The van der Waals surface area contributed by atoms with Crippen LogP contribution >= 0.6 is 11.3 Å². The molecule has 6 heteroatoms. The third-order valence-electron chi connectivity index (χ3n) is 4.90. The number of rotatable bonds is 3. The van der Waals surface area contributed by atoms with Gasteiger partial charge in [0.05, 0.1) is 30.1 Å². The summed E-state index contributed by atoms with van der Waals surface area (Å²) in [5, 5.41) is 22.3. The van der Waals surface area contributed by atoms with Crippen LogP contribution in [-0.4, -0.2) is 46.1 Å². The summed E-state index contributed by atoms with van der Waals surface area (Å²) in [6, 6.07) is 0. The second-order valence-corrected chi connectivity index (χ2v) is 7.78. The van der Waals surface area contributed by atoms with Crippen molar-refractivity contribution in [1.29, 1.82) is 0 Å². The van der Waals surface area contributed by atoms with Gasteiger partial charge in [-0.2, -0.15) is 0 Å². The minimum absolute atomic E-state index is 0.000348. The van der Waals surface area contributed by atoms with Gasteiger partial charge in [-0.25, -0.2) is 4.98 Å². The fraction of sp³-hybridized carbons (Fsp3) is 0.812. The van der Waals surface area contributed by atoms with Crippen LogP contribution in [0.5, 0.6) is 0 Å². The van der Waals surface area contributed by atoms with E-state index in [2.05, 4.69) is 23.7 Å². The monoisotopic (exact) mass is 326 g/mol. The lowest BCUT2D eigenvalue weighted by Crippen LogP contribution is -2.53. The van der Waals surface area contributed by atoms with Gasteiger partial charge >= 0.3 is 0 Å². The second kappa shape index (κ2) is 6.43. The molecule has 124 valence electrons. The van der Waals surface area contributed by atoms with Gasteiger partial charge in [0, 0.05) is 24.9 Å². The van der Waals surface area contributed by atoms with E-state index in [9.17, 15) is 5.11 Å². The smallest absolute Gasteiger partial charge is 0.185 e. The summed E-state index contributed by atoms with van der Waals surface area (Å²) >= 11 is 1.59. The number of piperidine rings is 1. The number of aromatic nitrogens is 1. The molecule has 0 radical (unpaired) electrons. The first-order valence-corrected chi connectivity index (χ1v) is 9.05. The lowest BCUT2D eigenvalue weighted by atomic mass is 9.80. The number of anilines is 1. The molecule has 2 N–H and O–H groups in total. The average Bonchev–Trinajstić information content (AvgIpc) is 2.96. The molecule has 5 nitrogen and oxygen atoms in total. The van der Waals surface area contributed by atoms with Crippen molar-refractivity contribution in [2.45, 2.75) is 63.9 Å². The zero-order valence-corrected chi connectivity index (χ0v) is 14.2. The quantitative estimate of drug-likeness (QED) is 0.891. The molecule has 22 heavy (non-hydrogen) atoms. The Morgan fingerprint density at radius 3 is 2.77 bits per heavy atom. The van der Waals surface area contributed by atoms with Crippen molar-refractivity contribution < 1.29 is 14.9 Å². The van der Waals surface area contributed by atoms with Crippen molar-refractivity contribution in [3.05, 3.63) is 11.1 Å². The SMILES string of the molecule is CC(C)[C@H]1C[C@@H](O)CC2(CCN(c3nc(CO)cs3)CC2)O1. The Bertz CT molecular complexity index is 497. The van der Waals surface area contributed by atoms with E-state index in [1.807, 2.05) is 5.38 Å². The Hall–Kier alpha value is -0.690. The molecule has 0 aromatic carbocycles. The molecule has 3 rings (SSSR count). The topological polar surface area (TPSA) is 65.8 Å². The molecule has 1 aromatic rings. The van der Waals surface area contributed by atoms with Gasteiger partial charge < -0.3 is 19.8 Å². The van der Waals surface area contributed by atoms with Crippen LogP contribution < -0.4 is 4.90 Å². The molecule has 0 aliphatic carbocycles. The Balaban J connectivity index is 1.64. The molecule has 1 spiro atoms. The van der Waals surface area contributed by atoms with E-state index in [0.29, 0.717) is 5.92 Å². The Labute approximate surface area is 135 Å². The van der Waals surface area contributed by atoms with Gasteiger partial charge in [-0.3, -0.25) is 0 Å². The maximum atomic E-state index is 10.2. The molecule has 2 aliphatic rings. The van der Waals surface area contributed by atoms with Crippen LogP contribution in [0.15, 0.2) is 5.38 Å². The minimum Gasteiger partial charge on any atom is -0.393 e. The zero-order chi connectivity index (χ0) is 15.7. The predicted octanol–water partition coefficient (Wildman–Crippen LogP) is 2.17. The van der Waals surface area contributed by atoms with Crippen LogP contribution in [0.3, 0.4) is 0 Å². The predicted molar refractivity (Wildman–Crippen MR) is 87.2 cm³/mol. The Morgan fingerprint density at radius 1 is 1.45 bits per heavy atom. The van der Waals surface area contributed by atoms with E-state index in [0.717, 1.165) is 49.6 Å². The Morgan fingerprint density at radius 2 is 2.18 bits per heavy atom.